The van der Waals surface area contributed by atoms with Gasteiger partial charge in [0.25, 0.3) is 0 Å². The Morgan fingerprint density at radius 2 is 1.81 bits per heavy atom. The normalized spacial score (nSPS) is 23.7. The molecule has 4 heteroatoms. The fraction of sp³-hybridized carbons (Fsp3) is 0.471. The molecule has 2 heterocycles. The van der Waals surface area contributed by atoms with Crippen LogP contribution in [0.5, 0.6) is 11.5 Å². The van der Waals surface area contributed by atoms with Crippen LogP contribution in [0.2, 0.25) is 0 Å². The van der Waals surface area contributed by atoms with E-state index in [0.717, 1.165) is 36.6 Å². The Labute approximate surface area is 125 Å². The number of piperidine rings is 1. The Hall–Kier alpha value is -1.81. The number of methoxy groups -OCH3 is 2. The summed E-state index contributed by atoms with van der Waals surface area (Å²) in [6.45, 7) is 3.78. The minimum Gasteiger partial charge on any atom is -0.493 e. The van der Waals surface area contributed by atoms with E-state index in [9.17, 15) is 4.79 Å². The van der Waals surface area contributed by atoms with Crippen molar-refractivity contribution in [1.29, 1.82) is 0 Å². The molecule has 1 fully saturated rings. The summed E-state index contributed by atoms with van der Waals surface area (Å²) in [7, 11) is 3.30. The van der Waals surface area contributed by atoms with Crippen LogP contribution < -0.4 is 9.47 Å². The molecule has 1 saturated heterocycles. The molecular formula is C17H21NO3. The first kappa shape index (κ1) is 14.1. The number of fused-ring (bicyclic) bond motifs is 3. The van der Waals surface area contributed by atoms with Crippen LogP contribution in [0.3, 0.4) is 0 Å². The van der Waals surface area contributed by atoms with E-state index in [1.165, 1.54) is 11.1 Å². The quantitative estimate of drug-likeness (QED) is 0.784. The second kappa shape index (κ2) is 5.53. The Balaban J connectivity index is 2.13. The summed E-state index contributed by atoms with van der Waals surface area (Å²) in [6, 6.07) is 4.16. The number of carbonyl (C=O) groups excluding carboxylic acids is 1. The van der Waals surface area contributed by atoms with Gasteiger partial charge < -0.3 is 9.47 Å². The summed E-state index contributed by atoms with van der Waals surface area (Å²) >= 11 is 0. The van der Waals surface area contributed by atoms with Crippen LogP contribution in [0.25, 0.3) is 0 Å². The van der Waals surface area contributed by atoms with Crippen LogP contribution in [-0.2, 0) is 11.2 Å². The molecule has 0 radical (unpaired) electrons. The molecule has 1 atom stereocenters. The molecule has 112 valence electrons. The third-order valence-electron chi connectivity index (χ3n) is 4.53. The zero-order valence-corrected chi connectivity index (χ0v) is 12.8. The molecule has 4 nitrogen and oxygen atoms in total. The van der Waals surface area contributed by atoms with Crippen LogP contribution in [0.4, 0.5) is 0 Å². The summed E-state index contributed by atoms with van der Waals surface area (Å²) in [5.74, 6) is 1.75. The highest BCUT2D eigenvalue weighted by molar-refractivity contribution is 5.97. The summed E-state index contributed by atoms with van der Waals surface area (Å²) in [5, 5.41) is 0. The number of allylic oxidation sites excluding steroid dienone is 1. The molecule has 0 amide bonds. The second-order valence-electron chi connectivity index (χ2n) is 5.51. The van der Waals surface area contributed by atoms with E-state index in [1.54, 1.807) is 14.2 Å². The lowest BCUT2D eigenvalue weighted by Crippen LogP contribution is -2.43. The smallest absolute Gasteiger partial charge is 0.161 e. The van der Waals surface area contributed by atoms with Gasteiger partial charge in [-0.25, -0.2) is 0 Å². The monoisotopic (exact) mass is 287 g/mol. The zero-order chi connectivity index (χ0) is 15.0. The van der Waals surface area contributed by atoms with E-state index in [-0.39, 0.29) is 11.8 Å². The molecule has 1 unspecified atom stereocenters. The van der Waals surface area contributed by atoms with Crippen molar-refractivity contribution in [2.75, 3.05) is 27.3 Å². The molecule has 0 bridgehead atoms. The van der Waals surface area contributed by atoms with Crippen LogP contribution in [0.15, 0.2) is 23.8 Å². The van der Waals surface area contributed by atoms with Gasteiger partial charge in [0, 0.05) is 25.1 Å². The van der Waals surface area contributed by atoms with Gasteiger partial charge in [-0.15, -0.1) is 0 Å². The average molecular weight is 287 g/mol. The molecule has 2 aliphatic rings. The molecule has 1 aromatic rings. The summed E-state index contributed by atoms with van der Waals surface area (Å²) in [5.41, 5.74) is 3.34. The zero-order valence-electron chi connectivity index (χ0n) is 12.8. The molecule has 0 aliphatic carbocycles. The Bertz CT molecular complexity index is 606. The third-order valence-corrected chi connectivity index (χ3v) is 4.53. The van der Waals surface area contributed by atoms with E-state index in [2.05, 4.69) is 11.0 Å². The Kier molecular flexibility index (Phi) is 3.72. The van der Waals surface area contributed by atoms with Gasteiger partial charge in [-0.2, -0.15) is 0 Å². The lowest BCUT2D eigenvalue weighted by Gasteiger charge is -2.41. The van der Waals surface area contributed by atoms with Crippen molar-refractivity contribution in [3.05, 3.63) is 34.9 Å². The average Bonchev–Trinajstić information content (AvgIpc) is 2.53. The summed E-state index contributed by atoms with van der Waals surface area (Å²) < 4.78 is 10.8. The number of hydrogen-bond acceptors (Lipinski definition) is 4. The van der Waals surface area contributed by atoms with Crippen molar-refractivity contribution in [3.8, 4) is 11.5 Å². The van der Waals surface area contributed by atoms with Crippen molar-refractivity contribution in [2.45, 2.75) is 25.8 Å². The molecule has 2 aliphatic heterocycles. The van der Waals surface area contributed by atoms with E-state index < -0.39 is 0 Å². The van der Waals surface area contributed by atoms with E-state index >= 15 is 0 Å². The minimum absolute atomic E-state index is 0.0693. The van der Waals surface area contributed by atoms with Crippen LogP contribution >= 0.6 is 0 Å². The van der Waals surface area contributed by atoms with Gasteiger partial charge in [-0.3, -0.25) is 9.69 Å². The third kappa shape index (κ3) is 2.23. The van der Waals surface area contributed by atoms with Gasteiger partial charge in [0.15, 0.2) is 17.3 Å². The van der Waals surface area contributed by atoms with E-state index in [0.29, 0.717) is 6.42 Å². The van der Waals surface area contributed by atoms with Gasteiger partial charge in [-0.1, -0.05) is 6.08 Å². The molecule has 21 heavy (non-hydrogen) atoms. The first-order valence-corrected chi connectivity index (χ1v) is 7.37. The Morgan fingerprint density at radius 1 is 1.14 bits per heavy atom. The largest absolute Gasteiger partial charge is 0.493 e. The predicted molar refractivity (Wildman–Crippen MR) is 80.9 cm³/mol. The fourth-order valence-corrected chi connectivity index (χ4v) is 3.46. The summed E-state index contributed by atoms with van der Waals surface area (Å²) in [6.07, 6.45) is 3.57. The number of rotatable bonds is 2. The summed E-state index contributed by atoms with van der Waals surface area (Å²) in [4.78, 5) is 14.6. The number of benzene rings is 1. The SMILES string of the molecule is C/C=C1/C(=O)CCN2CCc3cc(OC)c(OC)cc3C12. The maximum Gasteiger partial charge on any atom is 0.161 e. The lowest BCUT2D eigenvalue weighted by atomic mass is 9.82. The standard InChI is InChI=1S/C17H21NO3/c1-4-12-14(19)6-8-18-7-5-11-9-15(20-2)16(21-3)10-13(11)17(12)18/h4,9-10,17H,5-8H2,1-3H3/b12-4-. The maximum atomic E-state index is 12.2. The first-order chi connectivity index (χ1) is 10.2. The highest BCUT2D eigenvalue weighted by atomic mass is 16.5. The van der Waals surface area contributed by atoms with Gasteiger partial charge in [-0.05, 0) is 36.6 Å². The highest BCUT2D eigenvalue weighted by Gasteiger charge is 2.37. The number of hydrogen-bond donors (Lipinski definition) is 0. The van der Waals surface area contributed by atoms with Crippen LogP contribution in [-0.4, -0.2) is 38.0 Å². The van der Waals surface area contributed by atoms with Crippen LogP contribution in [0, 0.1) is 0 Å². The minimum atomic E-state index is 0.0693. The fourth-order valence-electron chi connectivity index (χ4n) is 3.46. The van der Waals surface area contributed by atoms with Crippen molar-refractivity contribution >= 4 is 5.78 Å². The Morgan fingerprint density at radius 3 is 2.48 bits per heavy atom. The number of ether oxygens (including phenoxy) is 2. The van der Waals surface area contributed by atoms with Gasteiger partial charge in [0.2, 0.25) is 0 Å². The van der Waals surface area contributed by atoms with Crippen molar-refractivity contribution in [2.24, 2.45) is 0 Å². The molecule has 0 spiro atoms. The van der Waals surface area contributed by atoms with E-state index in [1.807, 2.05) is 19.1 Å². The first-order valence-electron chi connectivity index (χ1n) is 7.37. The van der Waals surface area contributed by atoms with Crippen molar-refractivity contribution in [3.63, 3.8) is 0 Å². The molecule has 0 saturated carbocycles. The number of ketones is 1. The number of nitrogens with zero attached hydrogens (tertiary/aromatic N) is 1. The van der Waals surface area contributed by atoms with Crippen molar-refractivity contribution in [1.82, 2.24) is 4.90 Å². The lowest BCUT2D eigenvalue weighted by molar-refractivity contribution is -0.118. The van der Waals surface area contributed by atoms with Gasteiger partial charge >= 0.3 is 0 Å². The second-order valence-corrected chi connectivity index (χ2v) is 5.51. The van der Waals surface area contributed by atoms with Gasteiger partial charge in [0.05, 0.1) is 20.3 Å². The molecule has 1 aromatic carbocycles. The van der Waals surface area contributed by atoms with Gasteiger partial charge in [0.1, 0.15) is 0 Å². The number of carbonyl (C=O) groups is 1. The predicted octanol–water partition coefficient (Wildman–Crippen LogP) is 2.52. The maximum absolute atomic E-state index is 12.2. The van der Waals surface area contributed by atoms with Crippen molar-refractivity contribution < 1.29 is 14.3 Å². The molecule has 0 aromatic heterocycles. The van der Waals surface area contributed by atoms with E-state index in [4.69, 9.17) is 9.47 Å². The topological polar surface area (TPSA) is 38.8 Å². The molecule has 0 N–H and O–H groups in total. The number of Topliss-reactive ketones (excluding diaryl/α,β-unsaturated/α-hetero) is 1. The molecular weight excluding hydrogens is 266 g/mol. The highest BCUT2D eigenvalue weighted by Crippen LogP contribution is 2.43. The van der Waals surface area contributed by atoms with Crippen LogP contribution in [0.1, 0.15) is 30.5 Å². The molecule has 3 rings (SSSR count).